The highest BCUT2D eigenvalue weighted by molar-refractivity contribution is 6.39. The number of nitrogens with zero attached hydrogens (tertiary/aromatic N) is 3. The number of aromatic amines is 1. The number of carbonyl (C=O) groups is 6. The fraction of sp³-hybridized carbons (Fsp3) is 0.293. The van der Waals surface area contributed by atoms with Gasteiger partial charge in [-0.05, 0) is 23.8 Å². The highest BCUT2D eigenvalue weighted by atomic mass is 16.7. The second-order valence-corrected chi connectivity index (χ2v) is 13.7. The van der Waals surface area contributed by atoms with E-state index in [0.29, 0.717) is 43.7 Å². The number of esters is 4. The summed E-state index contributed by atoms with van der Waals surface area (Å²) in [6, 6.07) is 19.9. The maximum atomic E-state index is 14.7. The number of hydrogen-bond donors (Lipinski definition) is 1. The van der Waals surface area contributed by atoms with E-state index in [4.69, 9.17) is 28.4 Å². The van der Waals surface area contributed by atoms with Gasteiger partial charge in [-0.2, -0.15) is 0 Å². The number of imide groups is 1. The van der Waals surface area contributed by atoms with Crippen LogP contribution in [-0.2, 0) is 54.2 Å². The standard InChI is InChI=1S/C41H36N4O12/c1-20(46)53-18-28-35(54-21(2)47)36(55-22(3)48)37(56-23(4)49)41(57-28)45-27-15-9-8-13-25(27)30-32-31(29-26-14-10-16-42-38(26)43-33(29)34(30)45)39(50)44(40(32)51)19-52-17-24-11-6-5-7-12-24/h5-16,28,35-37,41H,17-19H2,1-4H3,(H,42,43)/t28-,35-,36+,37-,41-/m1/s1. The summed E-state index contributed by atoms with van der Waals surface area (Å²) in [5, 5.41) is 1.85. The van der Waals surface area contributed by atoms with Gasteiger partial charge in [0, 0.05) is 55.4 Å². The molecule has 3 aromatic carbocycles. The number of amides is 2. The molecule has 57 heavy (non-hydrogen) atoms. The van der Waals surface area contributed by atoms with E-state index < -0.39 is 72.9 Å². The molecule has 292 valence electrons. The van der Waals surface area contributed by atoms with Gasteiger partial charge in [-0.1, -0.05) is 48.5 Å². The van der Waals surface area contributed by atoms with Crippen LogP contribution in [0.1, 0.15) is 60.2 Å². The number of rotatable bonds is 10. The summed E-state index contributed by atoms with van der Waals surface area (Å²) in [7, 11) is 0. The van der Waals surface area contributed by atoms with E-state index in [1.165, 1.54) is 6.92 Å². The van der Waals surface area contributed by atoms with Crippen molar-refractivity contribution in [1.82, 2.24) is 19.4 Å². The molecule has 0 unspecified atom stereocenters. The summed E-state index contributed by atoms with van der Waals surface area (Å²) >= 11 is 0. The highest BCUT2D eigenvalue weighted by Gasteiger charge is 2.54. The van der Waals surface area contributed by atoms with Gasteiger partial charge >= 0.3 is 23.9 Å². The van der Waals surface area contributed by atoms with Crippen molar-refractivity contribution >= 4 is 79.4 Å². The lowest BCUT2D eigenvalue weighted by Gasteiger charge is -2.45. The fourth-order valence-electron chi connectivity index (χ4n) is 7.89. The minimum absolute atomic E-state index is 0.108. The van der Waals surface area contributed by atoms with Gasteiger partial charge in [0.15, 0.2) is 24.5 Å². The summed E-state index contributed by atoms with van der Waals surface area (Å²) in [4.78, 5) is 88.2. The van der Waals surface area contributed by atoms with Crippen LogP contribution in [0.25, 0.3) is 43.7 Å². The fourth-order valence-corrected chi connectivity index (χ4v) is 7.89. The SMILES string of the molecule is CC(=O)OC[C@H]1O[C@@H](n2c3ccccc3c3c4c(c5c6cccnc6[nH]c5c32)C(=O)N(COCc2ccccc2)C4=O)[C@H](OC(C)=O)[C@@H](OC(C)=O)[C@@H]1OC(C)=O. The van der Waals surface area contributed by atoms with Crippen LogP contribution in [0.4, 0.5) is 0 Å². The van der Waals surface area contributed by atoms with Gasteiger partial charge < -0.3 is 38.0 Å². The molecule has 0 radical (unpaired) electrons. The van der Waals surface area contributed by atoms with Crippen molar-refractivity contribution in [3.8, 4) is 0 Å². The Kier molecular flexibility index (Phi) is 9.67. The molecular weight excluding hydrogens is 740 g/mol. The maximum Gasteiger partial charge on any atom is 0.303 e. The van der Waals surface area contributed by atoms with Crippen LogP contribution >= 0.6 is 0 Å². The van der Waals surface area contributed by atoms with E-state index >= 15 is 0 Å². The summed E-state index contributed by atoms with van der Waals surface area (Å²) in [6.45, 7) is 4.01. The molecule has 1 N–H and O–H groups in total. The minimum atomic E-state index is -1.48. The predicted molar refractivity (Wildman–Crippen MR) is 200 cm³/mol. The topological polar surface area (TPSA) is 195 Å². The molecule has 0 aliphatic carbocycles. The Morgan fingerprint density at radius 1 is 0.737 bits per heavy atom. The number of H-pyrrole nitrogens is 1. The van der Waals surface area contributed by atoms with Crippen LogP contribution in [0, 0.1) is 0 Å². The average Bonchev–Trinajstić information content (AvgIpc) is 3.80. The maximum absolute atomic E-state index is 14.7. The number of fused-ring (bicyclic) bond motifs is 10. The Balaban J connectivity index is 1.39. The molecular formula is C41H36N4O12. The lowest BCUT2D eigenvalue weighted by atomic mass is 9.96. The zero-order valence-corrected chi connectivity index (χ0v) is 31.2. The molecule has 0 saturated carbocycles. The Bertz CT molecular complexity index is 2630. The van der Waals surface area contributed by atoms with E-state index in [9.17, 15) is 28.8 Å². The molecule has 5 heterocycles. The summed E-state index contributed by atoms with van der Waals surface area (Å²) in [6.07, 6.45) is -5.41. The van der Waals surface area contributed by atoms with Crippen LogP contribution in [0.3, 0.4) is 0 Å². The first kappa shape index (κ1) is 37.3. The Labute approximate surface area is 323 Å². The first-order valence-electron chi connectivity index (χ1n) is 18.1. The summed E-state index contributed by atoms with van der Waals surface area (Å²) < 4.78 is 36.9. The number of nitrogens with one attached hydrogen (secondary N) is 1. The van der Waals surface area contributed by atoms with Crippen molar-refractivity contribution < 1.29 is 57.2 Å². The van der Waals surface area contributed by atoms with Gasteiger partial charge in [-0.3, -0.25) is 28.8 Å². The van der Waals surface area contributed by atoms with Gasteiger partial charge in [0.1, 0.15) is 25.1 Å². The number of pyridine rings is 1. The van der Waals surface area contributed by atoms with E-state index in [0.717, 1.165) is 31.2 Å². The Morgan fingerprint density at radius 2 is 1.37 bits per heavy atom. The average molecular weight is 777 g/mol. The second-order valence-electron chi connectivity index (χ2n) is 13.7. The van der Waals surface area contributed by atoms with E-state index in [1.807, 2.05) is 30.3 Å². The van der Waals surface area contributed by atoms with Crippen molar-refractivity contribution in [2.24, 2.45) is 0 Å². The van der Waals surface area contributed by atoms with Gasteiger partial charge in [-0.25, -0.2) is 9.88 Å². The van der Waals surface area contributed by atoms with E-state index in [1.54, 1.807) is 47.2 Å². The zero-order chi connectivity index (χ0) is 40.1. The smallest absolute Gasteiger partial charge is 0.303 e. The van der Waals surface area contributed by atoms with Crippen LogP contribution in [0.2, 0.25) is 0 Å². The molecule has 5 atom stereocenters. The lowest BCUT2D eigenvalue weighted by molar-refractivity contribution is -0.267. The molecule has 16 heteroatoms. The molecule has 1 fully saturated rings. The molecule has 2 amide bonds. The van der Waals surface area contributed by atoms with Gasteiger partial charge in [-0.15, -0.1) is 0 Å². The minimum Gasteiger partial charge on any atom is -0.463 e. The molecule has 16 nitrogen and oxygen atoms in total. The monoisotopic (exact) mass is 776 g/mol. The Hall–Kier alpha value is -6.65. The van der Waals surface area contributed by atoms with Crippen molar-refractivity contribution in [1.29, 1.82) is 0 Å². The van der Waals surface area contributed by atoms with Crippen molar-refractivity contribution in [2.75, 3.05) is 13.3 Å². The first-order chi connectivity index (χ1) is 27.4. The van der Waals surface area contributed by atoms with Gasteiger partial charge in [0.25, 0.3) is 11.8 Å². The van der Waals surface area contributed by atoms with Crippen LogP contribution in [0.5, 0.6) is 0 Å². The second kappa shape index (κ2) is 14.8. The predicted octanol–water partition coefficient (Wildman–Crippen LogP) is 4.85. The third-order valence-electron chi connectivity index (χ3n) is 9.94. The zero-order valence-electron chi connectivity index (χ0n) is 31.2. The summed E-state index contributed by atoms with van der Waals surface area (Å²) in [5.41, 5.74) is 2.75. The van der Waals surface area contributed by atoms with Crippen LogP contribution < -0.4 is 0 Å². The van der Waals surface area contributed by atoms with Gasteiger partial charge in [0.2, 0.25) is 0 Å². The number of para-hydroxylation sites is 1. The molecule has 0 bridgehead atoms. The van der Waals surface area contributed by atoms with Crippen molar-refractivity contribution in [3.63, 3.8) is 0 Å². The molecule has 1 saturated heterocycles. The molecule has 8 rings (SSSR count). The molecule has 6 aromatic rings. The lowest BCUT2D eigenvalue weighted by Crippen LogP contribution is -2.60. The molecule has 0 spiro atoms. The number of aromatic nitrogens is 3. The molecule has 2 aliphatic rings. The van der Waals surface area contributed by atoms with Crippen molar-refractivity contribution in [2.45, 2.75) is 64.9 Å². The van der Waals surface area contributed by atoms with Crippen LogP contribution in [-0.4, -0.2) is 92.9 Å². The number of ether oxygens (including phenoxy) is 6. The van der Waals surface area contributed by atoms with E-state index in [-0.39, 0.29) is 24.5 Å². The number of carbonyl (C=O) groups excluding carboxylic acids is 6. The van der Waals surface area contributed by atoms with Crippen LogP contribution in [0.15, 0.2) is 72.9 Å². The van der Waals surface area contributed by atoms with Crippen molar-refractivity contribution in [3.05, 3.63) is 89.6 Å². The molecule has 2 aliphatic heterocycles. The molecule has 3 aromatic heterocycles. The normalized spacial score (nSPS) is 20.6. The highest BCUT2D eigenvalue weighted by Crippen LogP contribution is 2.48. The first-order valence-corrected chi connectivity index (χ1v) is 18.1. The van der Waals surface area contributed by atoms with Gasteiger partial charge in [0.05, 0.1) is 34.3 Å². The largest absolute Gasteiger partial charge is 0.463 e. The third kappa shape index (κ3) is 6.51. The van der Waals surface area contributed by atoms with E-state index in [2.05, 4.69) is 9.97 Å². The number of hydrogen-bond acceptors (Lipinski definition) is 13. The quantitative estimate of drug-likeness (QED) is 0.113. The third-order valence-corrected chi connectivity index (χ3v) is 9.94. The Morgan fingerprint density at radius 3 is 2.07 bits per heavy atom. The summed E-state index contributed by atoms with van der Waals surface area (Å²) in [5.74, 6) is -4.17. The number of benzene rings is 3.